The molecule has 1 aliphatic heterocycles. The lowest BCUT2D eigenvalue weighted by Crippen LogP contribution is -2.29. The predicted octanol–water partition coefficient (Wildman–Crippen LogP) is 0.657. The van der Waals surface area contributed by atoms with Gasteiger partial charge in [0.15, 0.2) is 0 Å². The fraction of sp³-hybridized carbons (Fsp3) is 0.500. The van der Waals surface area contributed by atoms with Crippen LogP contribution in [0.15, 0.2) is 23.1 Å². The van der Waals surface area contributed by atoms with Crippen LogP contribution in [-0.2, 0) is 16.4 Å². The maximum absolute atomic E-state index is 12.2. The van der Waals surface area contributed by atoms with Crippen molar-refractivity contribution < 1.29 is 13.5 Å². The summed E-state index contributed by atoms with van der Waals surface area (Å²) in [7, 11) is -2.01. The lowest BCUT2D eigenvalue weighted by molar-refractivity contribution is 0.266. The molecule has 0 saturated carbocycles. The van der Waals surface area contributed by atoms with Gasteiger partial charge >= 0.3 is 0 Å². The first-order chi connectivity index (χ1) is 8.55. The number of nitrogens with zero attached hydrogens (tertiary/aromatic N) is 1. The van der Waals surface area contributed by atoms with Crippen molar-refractivity contribution >= 4 is 15.7 Å². The number of fused-ring (bicyclic) bond motifs is 1. The van der Waals surface area contributed by atoms with E-state index in [0.29, 0.717) is 4.90 Å². The van der Waals surface area contributed by atoms with Gasteiger partial charge in [0.25, 0.3) is 0 Å². The molecule has 0 aliphatic carbocycles. The Labute approximate surface area is 107 Å². The molecule has 2 rings (SSSR count). The lowest BCUT2D eigenvalue weighted by atomic mass is 10.0. The maximum Gasteiger partial charge on any atom is 0.242 e. The third-order valence-corrected chi connectivity index (χ3v) is 4.99. The smallest absolute Gasteiger partial charge is 0.242 e. The number of aliphatic hydroxyl groups is 1. The molecule has 5 nitrogen and oxygen atoms in total. The number of likely N-dealkylation sites (N-methyl/N-ethyl adjacent to an activating group) is 1. The Bertz CT molecular complexity index is 528. The van der Waals surface area contributed by atoms with E-state index >= 15 is 0 Å². The second-order valence-corrected chi connectivity index (χ2v) is 6.44. The number of hydrogen-bond donors (Lipinski definition) is 2. The third-order valence-electron chi connectivity index (χ3n) is 3.14. The topological polar surface area (TPSA) is 69.6 Å². The van der Waals surface area contributed by atoms with E-state index in [4.69, 9.17) is 5.11 Å². The number of nitrogens with one attached hydrogen (secondary N) is 1. The number of rotatable bonds is 4. The summed E-state index contributed by atoms with van der Waals surface area (Å²) in [6.07, 6.45) is 1.92. The number of aryl methyl sites for hydroxylation is 1. The molecule has 18 heavy (non-hydrogen) atoms. The first-order valence-electron chi connectivity index (χ1n) is 5.99. The Hall–Kier alpha value is -1.11. The number of anilines is 1. The van der Waals surface area contributed by atoms with Gasteiger partial charge in [0.05, 0.1) is 11.5 Å². The van der Waals surface area contributed by atoms with Crippen LogP contribution in [-0.4, -0.2) is 44.6 Å². The summed E-state index contributed by atoms with van der Waals surface area (Å²) in [4.78, 5) is 0.293. The molecule has 0 saturated heterocycles. The minimum Gasteiger partial charge on any atom is -0.395 e. The van der Waals surface area contributed by atoms with Crippen molar-refractivity contribution in [2.75, 3.05) is 32.1 Å². The molecule has 0 amide bonds. The van der Waals surface area contributed by atoms with Gasteiger partial charge in [0, 0.05) is 25.8 Å². The average molecular weight is 270 g/mol. The summed E-state index contributed by atoms with van der Waals surface area (Å²) in [5.41, 5.74) is 2.06. The summed E-state index contributed by atoms with van der Waals surface area (Å²) >= 11 is 0. The molecule has 6 heteroatoms. The summed E-state index contributed by atoms with van der Waals surface area (Å²) in [6, 6.07) is 5.15. The summed E-state index contributed by atoms with van der Waals surface area (Å²) in [6.45, 7) is 0.864. The first kappa shape index (κ1) is 13.3. The zero-order valence-electron chi connectivity index (χ0n) is 10.4. The Balaban J connectivity index is 2.33. The Morgan fingerprint density at radius 3 is 2.94 bits per heavy atom. The van der Waals surface area contributed by atoms with Gasteiger partial charge < -0.3 is 10.4 Å². The van der Waals surface area contributed by atoms with Gasteiger partial charge in [-0.25, -0.2) is 8.42 Å². The predicted molar refractivity (Wildman–Crippen MR) is 70.2 cm³/mol. The highest BCUT2D eigenvalue weighted by atomic mass is 32.2. The highest BCUT2D eigenvalue weighted by molar-refractivity contribution is 7.89. The van der Waals surface area contributed by atoms with Gasteiger partial charge in [0.2, 0.25) is 10.0 Å². The summed E-state index contributed by atoms with van der Waals surface area (Å²) in [5.74, 6) is 0. The minimum absolute atomic E-state index is 0.109. The van der Waals surface area contributed by atoms with Crippen molar-refractivity contribution in [2.45, 2.75) is 17.7 Å². The van der Waals surface area contributed by atoms with E-state index in [9.17, 15) is 8.42 Å². The molecule has 1 aromatic carbocycles. The van der Waals surface area contributed by atoms with Crippen molar-refractivity contribution in [3.8, 4) is 0 Å². The average Bonchev–Trinajstić information content (AvgIpc) is 2.38. The molecule has 0 bridgehead atoms. The zero-order valence-corrected chi connectivity index (χ0v) is 11.2. The van der Waals surface area contributed by atoms with Crippen LogP contribution in [0, 0.1) is 0 Å². The molecule has 0 radical (unpaired) electrons. The first-order valence-corrected chi connectivity index (χ1v) is 7.43. The van der Waals surface area contributed by atoms with Crippen LogP contribution >= 0.6 is 0 Å². The van der Waals surface area contributed by atoms with E-state index in [1.807, 2.05) is 6.07 Å². The molecule has 100 valence electrons. The van der Waals surface area contributed by atoms with Crippen molar-refractivity contribution in [2.24, 2.45) is 0 Å². The fourth-order valence-electron chi connectivity index (χ4n) is 2.05. The normalized spacial score (nSPS) is 15.3. The number of hydrogen-bond acceptors (Lipinski definition) is 4. The summed E-state index contributed by atoms with van der Waals surface area (Å²) in [5, 5.41) is 12.1. The van der Waals surface area contributed by atoms with Crippen LogP contribution in [0.5, 0.6) is 0 Å². The molecule has 0 spiro atoms. The second kappa shape index (κ2) is 5.26. The quantitative estimate of drug-likeness (QED) is 0.843. The van der Waals surface area contributed by atoms with Gasteiger partial charge in [-0.1, -0.05) is 0 Å². The van der Waals surface area contributed by atoms with E-state index in [1.165, 1.54) is 11.4 Å². The van der Waals surface area contributed by atoms with Gasteiger partial charge in [-0.3, -0.25) is 0 Å². The van der Waals surface area contributed by atoms with E-state index in [2.05, 4.69) is 5.32 Å². The SMILES string of the molecule is CN(CCO)S(=O)(=O)c1ccc2c(c1)CCCN2. The van der Waals surface area contributed by atoms with Gasteiger partial charge in [0.1, 0.15) is 0 Å². The minimum atomic E-state index is -3.49. The van der Waals surface area contributed by atoms with Crippen LogP contribution in [0.25, 0.3) is 0 Å². The van der Waals surface area contributed by atoms with Crippen LogP contribution < -0.4 is 5.32 Å². The highest BCUT2D eigenvalue weighted by Crippen LogP contribution is 2.26. The van der Waals surface area contributed by atoms with E-state index in [1.54, 1.807) is 12.1 Å². The molecular formula is C12H18N2O3S. The molecule has 0 aromatic heterocycles. The van der Waals surface area contributed by atoms with Crippen molar-refractivity contribution in [1.82, 2.24) is 4.31 Å². The number of sulfonamides is 1. The van der Waals surface area contributed by atoms with E-state index in [0.717, 1.165) is 30.6 Å². The fourth-order valence-corrected chi connectivity index (χ4v) is 3.27. The van der Waals surface area contributed by atoms with Crippen LogP contribution in [0.1, 0.15) is 12.0 Å². The van der Waals surface area contributed by atoms with Gasteiger partial charge in [-0.05, 0) is 36.6 Å². The number of aliphatic hydroxyl groups excluding tert-OH is 1. The molecule has 2 N–H and O–H groups in total. The Kier molecular flexibility index (Phi) is 3.89. The van der Waals surface area contributed by atoms with Gasteiger partial charge in [-0.2, -0.15) is 4.31 Å². The maximum atomic E-state index is 12.2. The standard InChI is InChI=1S/C12H18N2O3S/c1-14(7-8-15)18(16,17)11-4-5-12-10(9-11)3-2-6-13-12/h4-5,9,13,15H,2-3,6-8H2,1H3. The van der Waals surface area contributed by atoms with Crippen molar-refractivity contribution in [3.05, 3.63) is 23.8 Å². The largest absolute Gasteiger partial charge is 0.395 e. The van der Waals surface area contributed by atoms with Crippen LogP contribution in [0.3, 0.4) is 0 Å². The molecule has 0 unspecified atom stereocenters. The Morgan fingerprint density at radius 2 is 2.22 bits per heavy atom. The third kappa shape index (κ3) is 2.50. The molecule has 0 atom stereocenters. The van der Waals surface area contributed by atoms with Crippen LogP contribution in [0.4, 0.5) is 5.69 Å². The molecule has 1 heterocycles. The van der Waals surface area contributed by atoms with Crippen LogP contribution in [0.2, 0.25) is 0 Å². The monoisotopic (exact) mass is 270 g/mol. The van der Waals surface area contributed by atoms with Gasteiger partial charge in [-0.15, -0.1) is 0 Å². The Morgan fingerprint density at radius 1 is 1.44 bits per heavy atom. The molecule has 0 fully saturated rings. The lowest BCUT2D eigenvalue weighted by Gasteiger charge is -2.20. The zero-order chi connectivity index (χ0) is 13.2. The molecular weight excluding hydrogens is 252 g/mol. The van der Waals surface area contributed by atoms with Crippen molar-refractivity contribution in [3.63, 3.8) is 0 Å². The summed E-state index contributed by atoms with van der Waals surface area (Å²) < 4.78 is 25.6. The highest BCUT2D eigenvalue weighted by Gasteiger charge is 2.21. The van der Waals surface area contributed by atoms with E-state index in [-0.39, 0.29) is 13.2 Å². The number of benzene rings is 1. The molecule has 1 aliphatic rings. The van der Waals surface area contributed by atoms with E-state index < -0.39 is 10.0 Å². The molecule has 1 aromatic rings. The second-order valence-electron chi connectivity index (χ2n) is 4.40. The van der Waals surface area contributed by atoms with Crippen molar-refractivity contribution in [1.29, 1.82) is 0 Å².